The molecule has 12 heteroatoms. The third kappa shape index (κ3) is 10.6. The van der Waals surface area contributed by atoms with Crippen LogP contribution in [0, 0.1) is 0 Å². The minimum absolute atomic E-state index is 0.0622. The quantitative estimate of drug-likeness (QED) is 0.140. The zero-order valence-corrected chi connectivity index (χ0v) is 21.5. The Bertz CT molecular complexity index is 999. The van der Waals surface area contributed by atoms with Crippen LogP contribution in [0.4, 0.5) is 11.4 Å². The Balaban J connectivity index is 0.000000794. The van der Waals surface area contributed by atoms with Crippen LogP contribution in [0.3, 0.4) is 0 Å². The number of nitrogens with one attached hydrogen (secondary N) is 4. The van der Waals surface area contributed by atoms with E-state index >= 15 is 0 Å². The number of ketones is 2. The molecule has 0 radical (unpaired) electrons. The molecule has 12 nitrogen and oxygen atoms in total. The second-order valence-electron chi connectivity index (χ2n) is 7.90. The first-order chi connectivity index (χ1) is 18.1. The number of hydrogen-bond donors (Lipinski definition) is 6. The van der Waals surface area contributed by atoms with Gasteiger partial charge in [-0.25, -0.2) is 0 Å². The number of anilines is 2. The van der Waals surface area contributed by atoms with Crippen LogP contribution in [-0.4, -0.2) is 86.2 Å². The molecule has 0 saturated carbocycles. The molecule has 1 aliphatic rings. The number of aliphatic hydroxyl groups is 2. The molecule has 0 aromatic heterocycles. The summed E-state index contributed by atoms with van der Waals surface area (Å²) in [5.41, 5.74) is 2.83. The average Bonchev–Trinajstić information content (AvgIpc) is 2.86. The van der Waals surface area contributed by atoms with Crippen LogP contribution < -0.4 is 31.5 Å². The van der Waals surface area contributed by atoms with E-state index in [1.54, 1.807) is 24.3 Å². The topological polar surface area (TPSA) is 203 Å². The Hall–Kier alpha value is -3.84. The molecule has 0 heterocycles. The highest BCUT2D eigenvalue weighted by molar-refractivity contribution is 6.31. The second-order valence-corrected chi connectivity index (χ2v) is 7.90. The summed E-state index contributed by atoms with van der Waals surface area (Å²) in [4.78, 5) is 44.3. The van der Waals surface area contributed by atoms with Gasteiger partial charge in [0.05, 0.1) is 24.3 Å². The molecule has 6 N–H and O–H groups in total. The van der Waals surface area contributed by atoms with Gasteiger partial charge in [0, 0.05) is 73.7 Å². The summed E-state index contributed by atoms with van der Waals surface area (Å²) in [5.74, 6) is -2.51. The van der Waals surface area contributed by atoms with Crippen LogP contribution in [0.2, 0.25) is 0 Å². The van der Waals surface area contributed by atoms with Gasteiger partial charge in [-0.05, 0) is 26.0 Å². The highest BCUT2D eigenvalue weighted by Gasteiger charge is 2.33. The molecule has 0 unspecified atom stereocenters. The van der Waals surface area contributed by atoms with Gasteiger partial charge in [0.25, 0.3) is 0 Å². The Morgan fingerprint density at radius 2 is 1.00 bits per heavy atom. The monoisotopic (exact) mass is 530 g/mol. The number of rotatable bonds is 12. The minimum atomic E-state index is -1.08. The summed E-state index contributed by atoms with van der Waals surface area (Å²) in [5, 5.41) is 48.1. The number of benzene rings is 2. The summed E-state index contributed by atoms with van der Waals surface area (Å²) >= 11 is 0. The van der Waals surface area contributed by atoms with Gasteiger partial charge in [0.15, 0.2) is 11.6 Å². The number of aliphatic carboxylic acids is 2. The lowest BCUT2D eigenvalue weighted by molar-refractivity contribution is -0.303. The average molecular weight is 531 g/mol. The zero-order valence-electron chi connectivity index (χ0n) is 21.5. The molecule has 3 rings (SSSR count). The summed E-state index contributed by atoms with van der Waals surface area (Å²) in [7, 11) is 0. The lowest BCUT2D eigenvalue weighted by Gasteiger charge is -2.24. The second kappa shape index (κ2) is 17.6. The van der Waals surface area contributed by atoms with Crippen LogP contribution >= 0.6 is 0 Å². The molecular formula is C26H34N4O8-2. The molecule has 1 aliphatic carbocycles. The lowest BCUT2D eigenvalue weighted by atomic mass is 9.82. The van der Waals surface area contributed by atoms with E-state index in [0.29, 0.717) is 72.9 Å². The van der Waals surface area contributed by atoms with Gasteiger partial charge in [0.1, 0.15) is 0 Å². The molecule has 2 aromatic rings. The maximum atomic E-state index is 13.3. The Morgan fingerprint density at radius 3 is 1.32 bits per heavy atom. The molecule has 0 amide bonds. The van der Waals surface area contributed by atoms with E-state index in [4.69, 9.17) is 30.0 Å². The van der Waals surface area contributed by atoms with Crippen molar-refractivity contribution in [3.63, 3.8) is 0 Å². The molecule has 2 aromatic carbocycles. The van der Waals surface area contributed by atoms with Crippen molar-refractivity contribution >= 4 is 34.9 Å². The molecule has 0 saturated heterocycles. The van der Waals surface area contributed by atoms with Gasteiger partial charge < -0.3 is 51.3 Å². The van der Waals surface area contributed by atoms with E-state index in [1.165, 1.54) is 0 Å². The number of fused-ring (bicyclic) bond motifs is 2. The fourth-order valence-corrected chi connectivity index (χ4v) is 3.50. The van der Waals surface area contributed by atoms with Gasteiger partial charge in [-0.15, -0.1) is 0 Å². The number of carbonyl (C=O) groups excluding carboxylic acids is 4. The molecule has 0 fully saturated rings. The first-order valence-electron chi connectivity index (χ1n) is 12.0. The van der Waals surface area contributed by atoms with E-state index in [2.05, 4.69) is 21.3 Å². The van der Waals surface area contributed by atoms with Crippen LogP contribution in [-0.2, 0) is 9.59 Å². The first-order valence-corrected chi connectivity index (χ1v) is 12.0. The largest absolute Gasteiger partial charge is 0.550 e. The van der Waals surface area contributed by atoms with Crippen molar-refractivity contribution < 1.29 is 39.6 Å². The molecule has 0 aliphatic heterocycles. The molecule has 38 heavy (non-hydrogen) atoms. The Labute approximate surface area is 221 Å². The third-order valence-corrected chi connectivity index (χ3v) is 4.89. The zero-order chi connectivity index (χ0) is 28.5. The maximum absolute atomic E-state index is 13.3. The highest BCUT2D eigenvalue weighted by Crippen LogP contribution is 2.36. The van der Waals surface area contributed by atoms with Gasteiger partial charge >= 0.3 is 0 Å². The maximum Gasteiger partial charge on any atom is 0.196 e. The van der Waals surface area contributed by atoms with Crippen LogP contribution in [0.1, 0.15) is 45.7 Å². The number of aliphatic hydroxyl groups excluding tert-OH is 2. The van der Waals surface area contributed by atoms with Crippen molar-refractivity contribution in [3.05, 3.63) is 58.7 Å². The number of carbonyl (C=O) groups is 4. The molecule has 0 spiro atoms. The van der Waals surface area contributed by atoms with E-state index in [1.807, 2.05) is 12.1 Å². The number of carboxylic acid groups (broad SMARTS) is 2. The van der Waals surface area contributed by atoms with Crippen molar-refractivity contribution in [1.82, 2.24) is 10.6 Å². The summed E-state index contributed by atoms with van der Waals surface area (Å²) in [6.07, 6.45) is 0. The van der Waals surface area contributed by atoms with Crippen molar-refractivity contribution in [2.24, 2.45) is 0 Å². The minimum Gasteiger partial charge on any atom is -0.550 e. The first kappa shape index (κ1) is 32.2. The highest BCUT2D eigenvalue weighted by atomic mass is 16.4. The number of carboxylic acids is 2. The van der Waals surface area contributed by atoms with E-state index < -0.39 is 11.9 Å². The fourth-order valence-electron chi connectivity index (χ4n) is 3.50. The van der Waals surface area contributed by atoms with E-state index in [-0.39, 0.29) is 24.8 Å². The van der Waals surface area contributed by atoms with Gasteiger partial charge in [-0.3, -0.25) is 9.59 Å². The van der Waals surface area contributed by atoms with Crippen LogP contribution in [0.15, 0.2) is 36.4 Å². The van der Waals surface area contributed by atoms with Gasteiger partial charge in [-0.1, -0.05) is 24.3 Å². The van der Waals surface area contributed by atoms with Gasteiger partial charge in [0.2, 0.25) is 0 Å². The van der Waals surface area contributed by atoms with Crippen LogP contribution in [0.25, 0.3) is 0 Å². The smallest absolute Gasteiger partial charge is 0.196 e. The van der Waals surface area contributed by atoms with Crippen molar-refractivity contribution in [1.29, 1.82) is 0 Å². The standard InChI is InChI=1S/C22H28N4O4.2C2H4O2/c27-13-11-23-7-9-25-17-5-6-18(26-10-8-24-12-14-28)20-19(17)21(29)15-3-1-2-4-16(15)22(20)30;2*1-2(3)4/h1-6,23-28H,7-14H2;2*1H3,(H,3,4)/p-2. The molecule has 208 valence electrons. The van der Waals surface area contributed by atoms with Crippen LogP contribution in [0.5, 0.6) is 0 Å². The Kier molecular flexibility index (Phi) is 14.9. The Morgan fingerprint density at radius 1 is 0.658 bits per heavy atom. The summed E-state index contributed by atoms with van der Waals surface area (Å²) in [6.45, 7) is 5.39. The summed E-state index contributed by atoms with van der Waals surface area (Å²) < 4.78 is 0. The fraction of sp³-hybridized carbons (Fsp3) is 0.385. The molecular weight excluding hydrogens is 496 g/mol. The number of hydrogen-bond acceptors (Lipinski definition) is 12. The molecule has 0 atom stereocenters. The van der Waals surface area contributed by atoms with Crippen molar-refractivity contribution in [2.45, 2.75) is 13.8 Å². The van der Waals surface area contributed by atoms with Crippen molar-refractivity contribution in [2.75, 3.05) is 63.1 Å². The third-order valence-electron chi connectivity index (χ3n) is 4.89. The van der Waals surface area contributed by atoms with E-state index in [0.717, 1.165) is 13.8 Å². The normalized spacial score (nSPS) is 11.2. The SMILES string of the molecule is CC(=O)[O-].CC(=O)[O-].O=C1c2ccccc2C(=O)c2c(NCCNCCO)ccc(NCCNCCO)c21. The van der Waals surface area contributed by atoms with Crippen molar-refractivity contribution in [3.8, 4) is 0 Å². The van der Waals surface area contributed by atoms with E-state index in [9.17, 15) is 9.59 Å². The molecule has 0 bridgehead atoms. The lowest BCUT2D eigenvalue weighted by Crippen LogP contribution is -2.28. The summed E-state index contributed by atoms with van der Waals surface area (Å²) in [6, 6.07) is 10.5. The predicted molar refractivity (Wildman–Crippen MR) is 138 cm³/mol. The van der Waals surface area contributed by atoms with Gasteiger partial charge in [-0.2, -0.15) is 0 Å². The predicted octanol–water partition coefficient (Wildman–Crippen LogP) is -2.04.